The quantitative estimate of drug-likeness (QED) is 0.704. The second kappa shape index (κ2) is 6.29. The summed E-state index contributed by atoms with van der Waals surface area (Å²) >= 11 is 0. The molecule has 0 radical (unpaired) electrons. The van der Waals surface area contributed by atoms with Gasteiger partial charge in [0.1, 0.15) is 18.8 Å². The summed E-state index contributed by atoms with van der Waals surface area (Å²) in [5.41, 5.74) is 0. The van der Waals surface area contributed by atoms with Crippen LogP contribution in [-0.4, -0.2) is 48.9 Å². The summed E-state index contributed by atoms with van der Waals surface area (Å²) in [5, 5.41) is 0. The number of fused-ring (bicyclic) bond motifs is 1. The summed E-state index contributed by atoms with van der Waals surface area (Å²) in [5.74, 6) is -1.56. The van der Waals surface area contributed by atoms with Crippen LogP contribution in [0.25, 0.3) is 0 Å². The smallest absolute Gasteiger partial charge is 0.305 e. The van der Waals surface area contributed by atoms with Crippen LogP contribution in [0.5, 0.6) is 0 Å². The monoisotopic (exact) mass is 302 g/mol. The Morgan fingerprint density at radius 2 is 1.67 bits per heavy atom. The average molecular weight is 302 g/mol. The molecule has 2 rings (SSSR count). The number of carbonyl (C=O) groups is 2. The molecule has 120 valence electrons. The van der Waals surface area contributed by atoms with Crippen LogP contribution in [0.3, 0.4) is 0 Å². The van der Waals surface area contributed by atoms with Crippen molar-refractivity contribution >= 4 is 11.9 Å². The minimum atomic E-state index is -0.840. The fraction of sp³-hybridized carbons (Fsp3) is 0.857. The molecular formula is C14H22O7. The molecule has 7 nitrogen and oxygen atoms in total. The van der Waals surface area contributed by atoms with Crippen LogP contribution in [0.2, 0.25) is 0 Å². The van der Waals surface area contributed by atoms with Crippen molar-refractivity contribution in [2.75, 3.05) is 6.61 Å². The SMILES string of the molecule is CCC1(CC)O[C@@H]2[C@@H](COC(C)=O)OC(OC(C)=O)[C@@H]2O1. The fourth-order valence-corrected chi connectivity index (χ4v) is 2.66. The van der Waals surface area contributed by atoms with Crippen molar-refractivity contribution in [3.8, 4) is 0 Å². The lowest BCUT2D eigenvalue weighted by atomic mass is 10.1. The van der Waals surface area contributed by atoms with Gasteiger partial charge in [0, 0.05) is 13.8 Å². The first-order valence-corrected chi connectivity index (χ1v) is 7.22. The van der Waals surface area contributed by atoms with Crippen LogP contribution in [0.1, 0.15) is 40.5 Å². The molecule has 0 aromatic carbocycles. The zero-order chi connectivity index (χ0) is 15.6. The van der Waals surface area contributed by atoms with Gasteiger partial charge in [-0.15, -0.1) is 0 Å². The lowest BCUT2D eigenvalue weighted by Gasteiger charge is -2.28. The van der Waals surface area contributed by atoms with E-state index >= 15 is 0 Å². The second-order valence-corrected chi connectivity index (χ2v) is 5.24. The van der Waals surface area contributed by atoms with E-state index in [9.17, 15) is 9.59 Å². The maximum Gasteiger partial charge on any atom is 0.305 e. The Hall–Kier alpha value is -1.18. The third-order valence-electron chi connectivity index (χ3n) is 3.78. The molecule has 2 aliphatic rings. The van der Waals surface area contributed by atoms with Crippen molar-refractivity contribution in [3.05, 3.63) is 0 Å². The molecule has 0 aliphatic carbocycles. The molecule has 0 saturated carbocycles. The van der Waals surface area contributed by atoms with E-state index in [-0.39, 0.29) is 6.61 Å². The van der Waals surface area contributed by atoms with E-state index in [1.165, 1.54) is 13.8 Å². The zero-order valence-corrected chi connectivity index (χ0v) is 12.8. The Labute approximate surface area is 123 Å². The lowest BCUT2D eigenvalue weighted by molar-refractivity contribution is -0.248. The zero-order valence-electron chi connectivity index (χ0n) is 12.8. The van der Waals surface area contributed by atoms with Gasteiger partial charge < -0.3 is 23.7 Å². The highest BCUT2D eigenvalue weighted by atomic mass is 16.8. The Balaban J connectivity index is 2.11. The van der Waals surface area contributed by atoms with Crippen molar-refractivity contribution in [1.29, 1.82) is 0 Å². The van der Waals surface area contributed by atoms with Gasteiger partial charge in [0.15, 0.2) is 11.9 Å². The third kappa shape index (κ3) is 3.36. The molecule has 2 aliphatic heterocycles. The molecule has 0 aromatic heterocycles. The molecule has 21 heavy (non-hydrogen) atoms. The van der Waals surface area contributed by atoms with E-state index in [0.29, 0.717) is 12.8 Å². The van der Waals surface area contributed by atoms with Crippen LogP contribution in [0, 0.1) is 0 Å². The Kier molecular flexibility index (Phi) is 4.85. The fourth-order valence-electron chi connectivity index (χ4n) is 2.66. The largest absolute Gasteiger partial charge is 0.463 e. The molecule has 2 saturated heterocycles. The van der Waals surface area contributed by atoms with Gasteiger partial charge >= 0.3 is 11.9 Å². The van der Waals surface area contributed by atoms with Crippen LogP contribution in [0.15, 0.2) is 0 Å². The second-order valence-electron chi connectivity index (χ2n) is 5.24. The van der Waals surface area contributed by atoms with Crippen LogP contribution in [-0.2, 0) is 33.3 Å². The first kappa shape index (κ1) is 16.2. The predicted octanol–water partition coefficient (Wildman–Crippen LogP) is 1.14. The standard InChI is InChI=1S/C14H22O7/c1-5-14(6-2)20-11-10(7-17-8(3)15)19-13(12(11)21-14)18-9(4)16/h10-13H,5-7H2,1-4H3/t10-,11-,12-,13?/m1/s1. The molecule has 0 aromatic rings. The average Bonchev–Trinajstić information content (AvgIpc) is 2.94. The summed E-state index contributed by atoms with van der Waals surface area (Å²) in [6, 6.07) is 0. The third-order valence-corrected chi connectivity index (χ3v) is 3.78. The number of carbonyl (C=O) groups excluding carboxylic acids is 2. The highest BCUT2D eigenvalue weighted by Gasteiger charge is 2.58. The van der Waals surface area contributed by atoms with Gasteiger partial charge in [0.25, 0.3) is 0 Å². The Morgan fingerprint density at radius 1 is 1.05 bits per heavy atom. The normalized spacial score (nSPS) is 33.5. The van der Waals surface area contributed by atoms with Gasteiger partial charge in [-0.25, -0.2) is 0 Å². The van der Waals surface area contributed by atoms with E-state index < -0.39 is 42.3 Å². The van der Waals surface area contributed by atoms with Crippen LogP contribution >= 0.6 is 0 Å². The Morgan fingerprint density at radius 3 is 2.19 bits per heavy atom. The summed E-state index contributed by atoms with van der Waals surface area (Å²) in [4.78, 5) is 22.1. The summed E-state index contributed by atoms with van der Waals surface area (Å²) in [6.45, 7) is 6.60. The van der Waals surface area contributed by atoms with E-state index in [0.717, 1.165) is 0 Å². The maximum absolute atomic E-state index is 11.2. The molecule has 0 amide bonds. The molecular weight excluding hydrogens is 280 g/mol. The van der Waals surface area contributed by atoms with Gasteiger partial charge in [-0.05, 0) is 12.8 Å². The number of ether oxygens (including phenoxy) is 5. The summed E-state index contributed by atoms with van der Waals surface area (Å²) in [7, 11) is 0. The van der Waals surface area contributed by atoms with Crippen molar-refractivity contribution in [2.24, 2.45) is 0 Å². The summed E-state index contributed by atoms with van der Waals surface area (Å²) < 4.78 is 27.7. The first-order valence-electron chi connectivity index (χ1n) is 7.22. The number of rotatable bonds is 5. The molecule has 2 fully saturated rings. The van der Waals surface area contributed by atoms with Crippen LogP contribution in [0.4, 0.5) is 0 Å². The van der Waals surface area contributed by atoms with Gasteiger partial charge in [-0.1, -0.05) is 13.8 Å². The van der Waals surface area contributed by atoms with Gasteiger partial charge in [-0.2, -0.15) is 0 Å². The maximum atomic E-state index is 11.2. The van der Waals surface area contributed by atoms with Crippen molar-refractivity contribution < 1.29 is 33.3 Å². The number of esters is 2. The van der Waals surface area contributed by atoms with Crippen molar-refractivity contribution in [2.45, 2.75) is 70.9 Å². The molecule has 2 heterocycles. The predicted molar refractivity (Wildman–Crippen MR) is 70.1 cm³/mol. The minimum Gasteiger partial charge on any atom is -0.463 e. The number of hydrogen-bond acceptors (Lipinski definition) is 7. The highest BCUT2D eigenvalue weighted by molar-refractivity contribution is 5.66. The molecule has 0 N–H and O–H groups in total. The highest BCUT2D eigenvalue weighted by Crippen LogP contribution is 2.42. The van der Waals surface area contributed by atoms with Crippen molar-refractivity contribution in [3.63, 3.8) is 0 Å². The first-order chi connectivity index (χ1) is 9.90. The molecule has 0 spiro atoms. The molecule has 7 heteroatoms. The molecule has 4 atom stereocenters. The summed E-state index contributed by atoms with van der Waals surface area (Å²) in [6.07, 6.45) is -0.938. The lowest BCUT2D eigenvalue weighted by Crippen LogP contribution is -2.36. The minimum absolute atomic E-state index is 0.0428. The van der Waals surface area contributed by atoms with Gasteiger partial charge in [-0.3, -0.25) is 9.59 Å². The van der Waals surface area contributed by atoms with Gasteiger partial charge in [0.2, 0.25) is 6.29 Å². The molecule has 0 bridgehead atoms. The van der Waals surface area contributed by atoms with E-state index in [4.69, 9.17) is 23.7 Å². The van der Waals surface area contributed by atoms with E-state index in [2.05, 4.69) is 0 Å². The number of hydrogen-bond donors (Lipinski definition) is 0. The van der Waals surface area contributed by atoms with E-state index in [1.54, 1.807) is 0 Å². The molecule has 1 unspecified atom stereocenters. The van der Waals surface area contributed by atoms with Crippen molar-refractivity contribution in [1.82, 2.24) is 0 Å². The topological polar surface area (TPSA) is 80.3 Å². The van der Waals surface area contributed by atoms with Crippen LogP contribution < -0.4 is 0 Å². The van der Waals surface area contributed by atoms with Gasteiger partial charge in [0.05, 0.1) is 0 Å². The Bertz CT molecular complexity index is 404. The van der Waals surface area contributed by atoms with E-state index in [1.807, 2.05) is 13.8 Å².